The highest BCUT2D eigenvalue weighted by Gasteiger charge is 2.15. The van der Waals surface area contributed by atoms with E-state index in [1.165, 1.54) is 0 Å². The van der Waals surface area contributed by atoms with Crippen LogP contribution in [0.2, 0.25) is 0 Å². The first-order valence-electron chi connectivity index (χ1n) is 4.40. The highest BCUT2D eigenvalue weighted by molar-refractivity contribution is 5.79. The average molecular weight is 171 g/mol. The second-order valence-electron chi connectivity index (χ2n) is 2.97. The van der Waals surface area contributed by atoms with Gasteiger partial charge in [-0.2, -0.15) is 0 Å². The summed E-state index contributed by atoms with van der Waals surface area (Å²) < 4.78 is 0. The van der Waals surface area contributed by atoms with Crippen LogP contribution in [-0.2, 0) is 9.59 Å². The van der Waals surface area contributed by atoms with Gasteiger partial charge in [0.25, 0.3) is 0 Å². The molecule has 0 aliphatic carbocycles. The van der Waals surface area contributed by atoms with Gasteiger partial charge in [0.15, 0.2) is 0 Å². The van der Waals surface area contributed by atoms with Crippen LogP contribution in [0.15, 0.2) is 0 Å². The van der Waals surface area contributed by atoms with Gasteiger partial charge in [0, 0.05) is 6.42 Å². The summed E-state index contributed by atoms with van der Waals surface area (Å²) in [5.74, 6) is 0.158. The summed E-state index contributed by atoms with van der Waals surface area (Å²) in [6.07, 6.45) is 2.13. The predicted molar refractivity (Wildman–Crippen MR) is 47.7 cm³/mol. The van der Waals surface area contributed by atoms with Gasteiger partial charge in [0.05, 0.1) is 6.04 Å². The molecule has 1 amide bonds. The Bertz CT molecular complexity index is 157. The fourth-order valence-electron chi connectivity index (χ4n) is 0.852. The van der Waals surface area contributed by atoms with Crippen molar-refractivity contribution in [1.29, 1.82) is 0 Å². The van der Waals surface area contributed by atoms with Crippen LogP contribution in [0.25, 0.3) is 0 Å². The van der Waals surface area contributed by atoms with Crippen molar-refractivity contribution in [2.24, 2.45) is 5.92 Å². The average Bonchev–Trinajstić information content (AvgIpc) is 2.12. The Labute approximate surface area is 73.5 Å². The molecule has 0 spiro atoms. The van der Waals surface area contributed by atoms with Crippen molar-refractivity contribution in [3.63, 3.8) is 0 Å². The van der Waals surface area contributed by atoms with Crippen molar-refractivity contribution in [2.75, 3.05) is 0 Å². The Hall–Kier alpha value is -0.860. The molecule has 0 rings (SSSR count). The third kappa shape index (κ3) is 3.51. The van der Waals surface area contributed by atoms with Gasteiger partial charge in [-0.1, -0.05) is 27.2 Å². The zero-order valence-corrected chi connectivity index (χ0v) is 7.96. The number of hydrogen-bond acceptors (Lipinski definition) is 2. The molecule has 0 saturated heterocycles. The normalized spacial score (nSPS) is 14.9. The monoisotopic (exact) mass is 171 g/mol. The fraction of sp³-hybridized carbons (Fsp3) is 0.778. The zero-order chi connectivity index (χ0) is 9.56. The molecule has 0 heterocycles. The highest BCUT2D eigenvalue weighted by atomic mass is 16.2. The van der Waals surface area contributed by atoms with Gasteiger partial charge in [-0.3, -0.25) is 4.79 Å². The molecule has 0 aromatic rings. The van der Waals surface area contributed by atoms with E-state index >= 15 is 0 Å². The molecular weight excluding hydrogens is 154 g/mol. The Kier molecular flexibility index (Phi) is 5.34. The van der Waals surface area contributed by atoms with Gasteiger partial charge in [0.1, 0.15) is 6.29 Å². The summed E-state index contributed by atoms with van der Waals surface area (Å²) in [7, 11) is 0. The van der Waals surface area contributed by atoms with Crippen molar-refractivity contribution >= 4 is 12.2 Å². The van der Waals surface area contributed by atoms with Gasteiger partial charge in [-0.15, -0.1) is 0 Å². The van der Waals surface area contributed by atoms with Crippen LogP contribution in [0, 0.1) is 5.92 Å². The van der Waals surface area contributed by atoms with Gasteiger partial charge in [-0.25, -0.2) is 0 Å². The molecule has 0 saturated carbocycles. The maximum atomic E-state index is 10.9. The van der Waals surface area contributed by atoms with Gasteiger partial charge in [0.2, 0.25) is 5.91 Å². The van der Waals surface area contributed by atoms with Gasteiger partial charge < -0.3 is 10.1 Å². The molecule has 3 nitrogen and oxygen atoms in total. The molecular formula is C9H17NO2. The molecule has 2 atom stereocenters. The molecule has 3 heteroatoms. The van der Waals surface area contributed by atoms with Crippen LogP contribution in [0.3, 0.4) is 0 Å². The van der Waals surface area contributed by atoms with Crippen molar-refractivity contribution < 1.29 is 9.59 Å². The van der Waals surface area contributed by atoms with E-state index in [0.29, 0.717) is 6.42 Å². The van der Waals surface area contributed by atoms with Crippen molar-refractivity contribution in [3.8, 4) is 0 Å². The van der Waals surface area contributed by atoms with E-state index in [-0.39, 0.29) is 17.9 Å². The lowest BCUT2D eigenvalue weighted by Gasteiger charge is -2.17. The number of carbonyl (C=O) groups is 2. The molecule has 0 fully saturated rings. The van der Waals surface area contributed by atoms with Crippen LogP contribution in [0.1, 0.15) is 33.6 Å². The number of amides is 1. The predicted octanol–water partition coefficient (Wildman–Crippen LogP) is 1.13. The molecule has 0 unspecified atom stereocenters. The van der Waals surface area contributed by atoms with Crippen LogP contribution in [-0.4, -0.2) is 18.2 Å². The van der Waals surface area contributed by atoms with Gasteiger partial charge >= 0.3 is 0 Å². The van der Waals surface area contributed by atoms with Crippen LogP contribution in [0.5, 0.6) is 0 Å². The largest absolute Gasteiger partial charge is 0.346 e. The van der Waals surface area contributed by atoms with Crippen molar-refractivity contribution in [2.45, 2.75) is 39.7 Å². The molecule has 0 bridgehead atoms. The third-order valence-electron chi connectivity index (χ3n) is 2.05. The number of aldehydes is 1. The van der Waals surface area contributed by atoms with E-state index in [4.69, 9.17) is 0 Å². The molecule has 0 aromatic heterocycles. The fourth-order valence-corrected chi connectivity index (χ4v) is 0.852. The quantitative estimate of drug-likeness (QED) is 0.630. The van der Waals surface area contributed by atoms with E-state index in [1.54, 1.807) is 6.92 Å². The number of hydrogen-bond donors (Lipinski definition) is 1. The molecule has 0 aliphatic heterocycles. The molecule has 70 valence electrons. The topological polar surface area (TPSA) is 46.2 Å². The lowest BCUT2D eigenvalue weighted by atomic mass is 10.0. The van der Waals surface area contributed by atoms with Crippen LogP contribution in [0.4, 0.5) is 0 Å². The zero-order valence-electron chi connectivity index (χ0n) is 7.96. The van der Waals surface area contributed by atoms with Crippen LogP contribution < -0.4 is 5.32 Å². The number of rotatable bonds is 5. The first kappa shape index (κ1) is 11.1. The first-order chi connectivity index (χ1) is 5.65. The van der Waals surface area contributed by atoms with Crippen LogP contribution >= 0.6 is 0 Å². The molecule has 0 radical (unpaired) electrons. The Morgan fingerprint density at radius 2 is 2.08 bits per heavy atom. The summed E-state index contributed by atoms with van der Waals surface area (Å²) in [6, 6.07) is -0.317. The molecule has 1 N–H and O–H groups in total. The standard InChI is InChI=1S/C9H17NO2/c1-4-7(3)8(6-11)10-9(12)5-2/h6-8H,4-5H2,1-3H3,(H,10,12)/t7-,8+/m0/s1. The Morgan fingerprint density at radius 3 is 2.42 bits per heavy atom. The number of nitrogens with one attached hydrogen (secondary N) is 1. The van der Waals surface area contributed by atoms with E-state index in [1.807, 2.05) is 13.8 Å². The number of carbonyl (C=O) groups excluding carboxylic acids is 2. The minimum atomic E-state index is -0.317. The SMILES string of the molecule is CCC(=O)N[C@H](C=O)[C@@H](C)CC. The smallest absolute Gasteiger partial charge is 0.220 e. The Balaban J connectivity index is 3.98. The minimum absolute atomic E-state index is 0.0626. The maximum absolute atomic E-state index is 10.9. The molecule has 0 aliphatic rings. The molecule has 0 aromatic carbocycles. The van der Waals surface area contributed by atoms with E-state index in [2.05, 4.69) is 5.32 Å². The highest BCUT2D eigenvalue weighted by Crippen LogP contribution is 2.05. The lowest BCUT2D eigenvalue weighted by Crippen LogP contribution is -2.40. The minimum Gasteiger partial charge on any atom is -0.346 e. The summed E-state index contributed by atoms with van der Waals surface area (Å²) >= 11 is 0. The summed E-state index contributed by atoms with van der Waals surface area (Å²) in [5, 5.41) is 2.66. The second-order valence-corrected chi connectivity index (χ2v) is 2.97. The van der Waals surface area contributed by atoms with Crippen molar-refractivity contribution in [1.82, 2.24) is 5.32 Å². The maximum Gasteiger partial charge on any atom is 0.220 e. The van der Waals surface area contributed by atoms with E-state index < -0.39 is 0 Å². The second kappa shape index (κ2) is 5.75. The summed E-state index contributed by atoms with van der Waals surface area (Å²) in [5.41, 5.74) is 0. The van der Waals surface area contributed by atoms with Crippen molar-refractivity contribution in [3.05, 3.63) is 0 Å². The summed E-state index contributed by atoms with van der Waals surface area (Å²) in [6.45, 7) is 5.72. The van der Waals surface area contributed by atoms with E-state index in [0.717, 1.165) is 12.7 Å². The van der Waals surface area contributed by atoms with Gasteiger partial charge in [-0.05, 0) is 5.92 Å². The third-order valence-corrected chi connectivity index (χ3v) is 2.05. The Morgan fingerprint density at radius 1 is 1.50 bits per heavy atom. The molecule has 12 heavy (non-hydrogen) atoms. The van der Waals surface area contributed by atoms with E-state index in [9.17, 15) is 9.59 Å². The first-order valence-corrected chi connectivity index (χ1v) is 4.40. The summed E-state index contributed by atoms with van der Waals surface area (Å²) in [4.78, 5) is 21.5. The lowest BCUT2D eigenvalue weighted by molar-refractivity contribution is -0.124.